The van der Waals surface area contributed by atoms with Crippen molar-refractivity contribution in [3.63, 3.8) is 0 Å². The fourth-order valence-electron chi connectivity index (χ4n) is 7.60. The average molecular weight is 390 g/mol. The third kappa shape index (κ3) is 1.28. The first-order chi connectivity index (χ1) is 13.0. The van der Waals surface area contributed by atoms with Crippen molar-refractivity contribution in [3.8, 4) is 0 Å². The Kier molecular flexibility index (Phi) is 2.61. The highest BCUT2D eigenvalue weighted by Gasteiger charge is 2.96. The topological polar surface area (TPSA) is 108 Å². The lowest BCUT2D eigenvalue weighted by molar-refractivity contribution is -0.191. The van der Waals surface area contributed by atoms with E-state index in [1.807, 2.05) is 20.8 Å². The molecule has 5 fully saturated rings. The minimum absolute atomic E-state index is 0.193. The number of carbonyl (C=O) groups is 3. The zero-order valence-electron chi connectivity index (χ0n) is 16.1. The molecule has 8 heteroatoms. The van der Waals surface area contributed by atoms with Crippen LogP contribution in [0.25, 0.3) is 0 Å². The Bertz CT molecular complexity index is 914. The molecule has 150 valence electrons. The van der Waals surface area contributed by atoms with Gasteiger partial charge < -0.3 is 24.1 Å². The third-order valence-corrected chi connectivity index (χ3v) is 8.30. The average Bonchev–Trinajstić information content (AvgIpc) is 3.30. The van der Waals surface area contributed by atoms with Crippen molar-refractivity contribution >= 4 is 17.9 Å². The Hall–Kier alpha value is -1.93. The van der Waals surface area contributed by atoms with Crippen molar-refractivity contribution in [1.29, 1.82) is 0 Å². The Labute approximate surface area is 161 Å². The summed E-state index contributed by atoms with van der Waals surface area (Å²) in [4.78, 5) is 37.9. The number of aliphatic hydroxyl groups is 1. The molecule has 0 bridgehead atoms. The number of esters is 3. The maximum Gasteiger partial charge on any atom is 0.344 e. The van der Waals surface area contributed by atoms with Crippen LogP contribution in [0.5, 0.6) is 0 Å². The van der Waals surface area contributed by atoms with Gasteiger partial charge in [0.15, 0.2) is 6.10 Å². The van der Waals surface area contributed by atoms with E-state index in [1.165, 1.54) is 0 Å². The number of hydrogen-bond acceptors (Lipinski definition) is 8. The summed E-state index contributed by atoms with van der Waals surface area (Å²) in [5.74, 6) is -1.97. The van der Waals surface area contributed by atoms with E-state index < -0.39 is 58.9 Å². The Morgan fingerprint density at radius 3 is 2.50 bits per heavy atom. The fraction of sp³-hybridized carbons (Fsp3) is 0.750. The van der Waals surface area contributed by atoms with Crippen molar-refractivity contribution < 1.29 is 38.4 Å². The van der Waals surface area contributed by atoms with Crippen molar-refractivity contribution in [3.05, 3.63) is 11.1 Å². The molecule has 28 heavy (non-hydrogen) atoms. The van der Waals surface area contributed by atoms with Gasteiger partial charge in [-0.15, -0.1) is 0 Å². The molecule has 2 saturated carbocycles. The Balaban J connectivity index is 1.70. The zero-order valence-corrected chi connectivity index (χ0v) is 16.1. The number of hydrogen-bond donors (Lipinski definition) is 1. The van der Waals surface area contributed by atoms with E-state index in [4.69, 9.17) is 18.9 Å². The van der Waals surface area contributed by atoms with E-state index in [1.54, 1.807) is 6.92 Å². The Morgan fingerprint density at radius 1 is 1.11 bits per heavy atom. The van der Waals surface area contributed by atoms with Crippen LogP contribution < -0.4 is 0 Å². The van der Waals surface area contributed by atoms with Gasteiger partial charge in [0.05, 0.1) is 10.8 Å². The van der Waals surface area contributed by atoms with Crippen molar-refractivity contribution in [1.82, 2.24) is 0 Å². The van der Waals surface area contributed by atoms with Crippen LogP contribution in [0.2, 0.25) is 0 Å². The van der Waals surface area contributed by atoms with Gasteiger partial charge in [-0.25, -0.2) is 14.4 Å². The van der Waals surface area contributed by atoms with Crippen LogP contribution in [-0.2, 0) is 33.3 Å². The second-order valence-corrected chi connectivity index (χ2v) is 10.1. The number of carbonyl (C=O) groups excluding carboxylic acids is 3. The summed E-state index contributed by atoms with van der Waals surface area (Å²) in [6.45, 7) is 7.74. The van der Waals surface area contributed by atoms with Crippen molar-refractivity contribution in [2.75, 3.05) is 0 Å². The first-order valence-corrected chi connectivity index (χ1v) is 9.73. The molecule has 1 N–H and O–H groups in total. The second kappa shape index (κ2) is 4.31. The smallest absolute Gasteiger partial charge is 0.344 e. The molecule has 2 spiro atoms. The highest BCUT2D eigenvalue weighted by Crippen LogP contribution is 2.83. The van der Waals surface area contributed by atoms with E-state index in [-0.39, 0.29) is 17.8 Å². The number of fused-ring (bicyclic) bond motifs is 1. The van der Waals surface area contributed by atoms with E-state index in [2.05, 4.69) is 0 Å². The standard InChI is InChI=1S/C20H22O8/c1-7-11-8(25-13(7)22)6-18-10-5-9(17(2,3)4)19(18)12(21)14(23)27-16(19)28-20(11,18)15(24)26-10/h8-10,12,16,21H,5-6H2,1-4H3/t8-,9-,10+,12-,16-,18+,19-,20+/m0/s1. The minimum atomic E-state index is -1.55. The highest BCUT2D eigenvalue weighted by atomic mass is 16.7. The molecule has 0 amide bonds. The van der Waals surface area contributed by atoms with Crippen molar-refractivity contribution in [2.45, 2.75) is 70.7 Å². The van der Waals surface area contributed by atoms with Crippen LogP contribution in [0.3, 0.4) is 0 Å². The minimum Gasteiger partial charge on any atom is -0.459 e. The summed E-state index contributed by atoms with van der Waals surface area (Å²) in [6, 6.07) is 0. The van der Waals surface area contributed by atoms with Crippen LogP contribution >= 0.6 is 0 Å². The van der Waals surface area contributed by atoms with E-state index in [0.29, 0.717) is 17.6 Å². The van der Waals surface area contributed by atoms with Gasteiger partial charge in [-0.1, -0.05) is 20.8 Å². The molecule has 8 atom stereocenters. The molecule has 0 aromatic heterocycles. The number of aliphatic hydroxyl groups excluding tert-OH is 1. The van der Waals surface area contributed by atoms with Crippen LogP contribution in [0.1, 0.15) is 40.5 Å². The first-order valence-electron chi connectivity index (χ1n) is 9.73. The fourth-order valence-corrected chi connectivity index (χ4v) is 7.60. The first kappa shape index (κ1) is 17.0. The summed E-state index contributed by atoms with van der Waals surface area (Å²) in [5.41, 5.74) is -3.18. The molecule has 3 saturated heterocycles. The number of rotatable bonds is 0. The van der Waals surface area contributed by atoms with E-state index in [9.17, 15) is 19.5 Å². The van der Waals surface area contributed by atoms with Gasteiger partial charge in [0.25, 0.3) is 0 Å². The molecule has 0 aromatic carbocycles. The van der Waals surface area contributed by atoms with Crippen LogP contribution in [0.4, 0.5) is 0 Å². The van der Waals surface area contributed by atoms with Gasteiger partial charge in [-0.2, -0.15) is 0 Å². The molecule has 4 heterocycles. The SMILES string of the molecule is CC1=C2[C@H](C[C@@]34[C@H]5C[C@@H](C(C)(C)C)[C@]36[C@@H](OC(=O)[C@@H]6O)O[C@@]24C(=O)O5)OC1=O. The molecular weight excluding hydrogens is 368 g/mol. The van der Waals surface area contributed by atoms with Gasteiger partial charge in [0.2, 0.25) is 11.9 Å². The van der Waals surface area contributed by atoms with Crippen LogP contribution in [0.15, 0.2) is 11.1 Å². The molecule has 2 aliphatic carbocycles. The van der Waals surface area contributed by atoms with Gasteiger partial charge in [0.1, 0.15) is 12.2 Å². The van der Waals surface area contributed by atoms with Crippen LogP contribution in [0, 0.1) is 22.2 Å². The van der Waals surface area contributed by atoms with Gasteiger partial charge >= 0.3 is 17.9 Å². The molecule has 6 rings (SSSR count). The predicted octanol–water partition coefficient (Wildman–Crippen LogP) is 0.609. The summed E-state index contributed by atoms with van der Waals surface area (Å²) in [5, 5.41) is 11.2. The summed E-state index contributed by atoms with van der Waals surface area (Å²) < 4.78 is 23.2. The quantitative estimate of drug-likeness (QED) is 0.473. The van der Waals surface area contributed by atoms with Crippen molar-refractivity contribution in [2.24, 2.45) is 22.2 Å². The lowest BCUT2D eigenvalue weighted by atomic mass is 9.52. The normalized spacial score (nSPS) is 53.0. The summed E-state index contributed by atoms with van der Waals surface area (Å²) >= 11 is 0. The van der Waals surface area contributed by atoms with E-state index in [0.717, 1.165) is 0 Å². The molecule has 4 aliphatic heterocycles. The molecule has 0 radical (unpaired) electrons. The Morgan fingerprint density at radius 2 is 1.82 bits per heavy atom. The van der Waals surface area contributed by atoms with E-state index >= 15 is 0 Å². The maximum atomic E-state index is 13.2. The molecule has 6 aliphatic rings. The maximum absolute atomic E-state index is 13.2. The second-order valence-electron chi connectivity index (χ2n) is 10.1. The zero-order chi connectivity index (χ0) is 20.0. The largest absolute Gasteiger partial charge is 0.459 e. The molecule has 0 aromatic rings. The van der Waals surface area contributed by atoms with Gasteiger partial charge in [-0.3, -0.25) is 0 Å². The van der Waals surface area contributed by atoms with Gasteiger partial charge in [-0.05, 0) is 24.7 Å². The number of ether oxygens (including phenoxy) is 4. The molecular formula is C20H22O8. The monoisotopic (exact) mass is 390 g/mol. The molecule has 0 unspecified atom stereocenters. The lowest BCUT2D eigenvalue weighted by Gasteiger charge is -2.45. The lowest BCUT2D eigenvalue weighted by Crippen LogP contribution is -2.58. The molecule has 8 nitrogen and oxygen atoms in total. The third-order valence-electron chi connectivity index (χ3n) is 8.30. The van der Waals surface area contributed by atoms with Crippen LogP contribution in [-0.4, -0.2) is 53.2 Å². The van der Waals surface area contributed by atoms with Gasteiger partial charge in [0, 0.05) is 17.6 Å². The summed E-state index contributed by atoms with van der Waals surface area (Å²) in [7, 11) is 0. The highest BCUT2D eigenvalue weighted by molar-refractivity contribution is 6.00. The predicted molar refractivity (Wildman–Crippen MR) is 89.2 cm³/mol. The summed E-state index contributed by atoms with van der Waals surface area (Å²) in [6.07, 6.45) is -2.87.